The molecular weight excluding hydrogens is 261 g/mol. The van der Waals surface area contributed by atoms with Gasteiger partial charge in [0.05, 0.1) is 13.3 Å². The lowest BCUT2D eigenvalue weighted by Crippen LogP contribution is -2.32. The van der Waals surface area contributed by atoms with Crippen LogP contribution in [0, 0.1) is 0 Å². The van der Waals surface area contributed by atoms with Crippen LogP contribution in [0.4, 0.5) is 4.79 Å². The molecule has 5 nitrogen and oxygen atoms in total. The molecule has 0 atom stereocenters. The van der Waals surface area contributed by atoms with E-state index in [9.17, 15) is 4.79 Å². The number of amides is 1. The van der Waals surface area contributed by atoms with Gasteiger partial charge in [-0.15, -0.1) is 0 Å². The van der Waals surface area contributed by atoms with Gasteiger partial charge in [0.15, 0.2) is 0 Å². The number of hydrazine groups is 1. The van der Waals surface area contributed by atoms with Crippen molar-refractivity contribution < 1.29 is 9.53 Å². The molecular formula is C5H8IN3O2. The van der Waals surface area contributed by atoms with Crippen LogP contribution in [0.2, 0.25) is 0 Å². The van der Waals surface area contributed by atoms with Crippen molar-refractivity contribution in [2.24, 2.45) is 10.8 Å². The van der Waals surface area contributed by atoms with Crippen molar-refractivity contribution in [1.29, 1.82) is 0 Å². The molecule has 11 heavy (non-hydrogen) atoms. The first kappa shape index (κ1) is 10.4. The molecule has 0 radical (unpaired) electrons. The predicted molar refractivity (Wildman–Crippen MR) is 50.1 cm³/mol. The minimum absolute atomic E-state index is 0.510. The Kier molecular flexibility index (Phi) is 4.79. The smallest absolute Gasteiger partial charge is 0.428 e. The maximum Gasteiger partial charge on any atom is 0.428 e. The first-order valence-electron chi connectivity index (χ1n) is 2.57. The molecule has 0 unspecified atom stereocenters. The van der Waals surface area contributed by atoms with Gasteiger partial charge in [-0.1, -0.05) is 0 Å². The molecule has 0 spiro atoms. The first-order valence-corrected chi connectivity index (χ1v) is 3.65. The third kappa shape index (κ3) is 3.94. The van der Waals surface area contributed by atoms with Gasteiger partial charge in [-0.2, -0.15) is 0 Å². The lowest BCUT2D eigenvalue weighted by Gasteiger charge is -2.08. The van der Waals surface area contributed by atoms with E-state index in [1.807, 2.05) is 22.6 Å². The summed E-state index contributed by atoms with van der Waals surface area (Å²) < 4.78 is 4.82. The van der Waals surface area contributed by atoms with E-state index in [2.05, 4.69) is 16.4 Å². The summed E-state index contributed by atoms with van der Waals surface area (Å²) >= 11 is 1.87. The zero-order valence-electron chi connectivity index (χ0n) is 5.95. The number of ether oxygens (including phenoxy) is 1. The third-order valence-corrected chi connectivity index (χ3v) is 1.40. The average molecular weight is 269 g/mol. The molecule has 0 bridgehead atoms. The second-order valence-electron chi connectivity index (χ2n) is 1.49. The van der Waals surface area contributed by atoms with Crippen LogP contribution in [-0.2, 0) is 4.74 Å². The number of hydrogen-bond donors (Lipinski definition) is 1. The zero-order chi connectivity index (χ0) is 8.85. The third-order valence-electron chi connectivity index (χ3n) is 0.782. The van der Waals surface area contributed by atoms with Crippen molar-refractivity contribution in [1.82, 2.24) is 5.01 Å². The minimum atomic E-state index is -0.650. The van der Waals surface area contributed by atoms with Gasteiger partial charge in [0.25, 0.3) is 0 Å². The van der Waals surface area contributed by atoms with E-state index in [0.29, 0.717) is 3.70 Å². The molecule has 0 aliphatic carbocycles. The summed E-state index contributed by atoms with van der Waals surface area (Å²) in [6, 6.07) is 0. The van der Waals surface area contributed by atoms with E-state index in [0.717, 1.165) is 5.01 Å². The van der Waals surface area contributed by atoms with Crippen molar-refractivity contribution in [3.05, 3.63) is 9.90 Å². The van der Waals surface area contributed by atoms with Crippen molar-refractivity contribution in [2.45, 2.75) is 0 Å². The molecule has 0 aliphatic heterocycles. The Bertz CT molecular complexity index is 192. The summed E-state index contributed by atoms with van der Waals surface area (Å²) in [5.41, 5.74) is 0. The highest BCUT2D eigenvalue weighted by Gasteiger charge is 2.04. The molecule has 0 saturated heterocycles. The van der Waals surface area contributed by atoms with Crippen LogP contribution in [-0.4, -0.2) is 24.9 Å². The molecule has 1 amide bonds. The number of carbonyl (C=O) groups is 1. The van der Waals surface area contributed by atoms with Crippen molar-refractivity contribution >= 4 is 35.4 Å². The molecule has 0 fully saturated rings. The summed E-state index contributed by atoms with van der Waals surface area (Å²) in [6.07, 6.45) is 0.655. The molecule has 62 valence electrons. The van der Waals surface area contributed by atoms with Gasteiger partial charge in [-0.05, 0) is 29.3 Å². The first-order chi connectivity index (χ1) is 5.11. The van der Waals surface area contributed by atoms with Crippen LogP contribution in [0.3, 0.4) is 0 Å². The fourth-order valence-electron chi connectivity index (χ4n) is 0.314. The van der Waals surface area contributed by atoms with Gasteiger partial charge < -0.3 is 4.74 Å². The van der Waals surface area contributed by atoms with Crippen LogP contribution in [0.1, 0.15) is 0 Å². The highest BCUT2D eigenvalue weighted by Crippen LogP contribution is 2.06. The normalized spacial score (nSPS) is 10.6. The lowest BCUT2D eigenvalue weighted by molar-refractivity contribution is 0.140. The fraction of sp³-hybridized carbons (Fsp3) is 0.200. The molecule has 0 aromatic heterocycles. The van der Waals surface area contributed by atoms with Crippen LogP contribution in [0.5, 0.6) is 0 Å². The molecule has 0 aliphatic rings. The molecule has 6 heteroatoms. The van der Waals surface area contributed by atoms with Gasteiger partial charge in [0.1, 0.15) is 3.70 Å². The van der Waals surface area contributed by atoms with E-state index in [4.69, 9.17) is 5.84 Å². The Morgan fingerprint density at radius 2 is 2.45 bits per heavy atom. The minimum Gasteiger partial charge on any atom is -0.452 e. The summed E-state index contributed by atoms with van der Waals surface area (Å²) in [5, 5.41) is 0.788. The number of carbonyl (C=O) groups excluding carboxylic acids is 1. The molecule has 0 rings (SSSR count). The number of nitrogens with two attached hydrogens (primary N) is 1. The summed E-state index contributed by atoms with van der Waals surface area (Å²) in [6.45, 7) is 3.24. The SMILES string of the molecule is C=N/C(I)=C\N(N)C(=O)OC. The summed E-state index contributed by atoms with van der Waals surface area (Å²) in [5.74, 6) is 5.19. The van der Waals surface area contributed by atoms with Gasteiger partial charge in [-0.25, -0.2) is 15.6 Å². The van der Waals surface area contributed by atoms with Crippen LogP contribution in [0.15, 0.2) is 14.9 Å². The van der Waals surface area contributed by atoms with Crippen LogP contribution in [0.25, 0.3) is 0 Å². The second kappa shape index (κ2) is 5.08. The van der Waals surface area contributed by atoms with E-state index < -0.39 is 6.09 Å². The number of methoxy groups -OCH3 is 1. The van der Waals surface area contributed by atoms with Gasteiger partial charge >= 0.3 is 6.09 Å². The number of nitrogens with zero attached hydrogens (tertiary/aromatic N) is 2. The van der Waals surface area contributed by atoms with Crippen LogP contribution < -0.4 is 5.84 Å². The number of aliphatic imine (C=N–C) groups is 1. The molecule has 0 saturated carbocycles. The van der Waals surface area contributed by atoms with E-state index in [1.165, 1.54) is 13.3 Å². The largest absolute Gasteiger partial charge is 0.452 e. The highest BCUT2D eigenvalue weighted by molar-refractivity contribution is 14.1. The fourth-order valence-corrected chi connectivity index (χ4v) is 0.614. The summed E-state index contributed by atoms with van der Waals surface area (Å²) in [4.78, 5) is 14.1. The van der Waals surface area contributed by atoms with Gasteiger partial charge in [-0.3, -0.25) is 4.99 Å². The highest BCUT2D eigenvalue weighted by atomic mass is 127. The topological polar surface area (TPSA) is 67.9 Å². The average Bonchev–Trinajstić information content (AvgIpc) is 2.02. The molecule has 2 N–H and O–H groups in total. The van der Waals surface area contributed by atoms with Gasteiger partial charge in [0, 0.05) is 0 Å². The van der Waals surface area contributed by atoms with Crippen molar-refractivity contribution in [3.63, 3.8) is 0 Å². The van der Waals surface area contributed by atoms with Crippen molar-refractivity contribution in [3.8, 4) is 0 Å². The molecule has 0 aromatic rings. The Balaban J connectivity index is 4.15. The Morgan fingerprint density at radius 3 is 2.82 bits per heavy atom. The van der Waals surface area contributed by atoms with E-state index >= 15 is 0 Å². The monoisotopic (exact) mass is 269 g/mol. The molecule has 0 aromatic carbocycles. The lowest BCUT2D eigenvalue weighted by atomic mass is 10.8. The predicted octanol–water partition coefficient (Wildman–Crippen LogP) is 0.863. The zero-order valence-corrected chi connectivity index (χ0v) is 8.11. The summed E-state index contributed by atoms with van der Waals surface area (Å²) in [7, 11) is 1.24. The van der Waals surface area contributed by atoms with Crippen LogP contribution >= 0.6 is 22.6 Å². The molecule has 0 heterocycles. The van der Waals surface area contributed by atoms with Gasteiger partial charge in [0.2, 0.25) is 0 Å². The Labute approximate surface area is 78.0 Å². The second-order valence-corrected chi connectivity index (χ2v) is 2.59. The quantitative estimate of drug-likeness (QED) is 0.202. The maximum absolute atomic E-state index is 10.6. The van der Waals surface area contributed by atoms with E-state index in [-0.39, 0.29) is 0 Å². The Hall–Kier alpha value is -0.630. The number of halogens is 1. The number of hydrogen-bond acceptors (Lipinski definition) is 4. The maximum atomic E-state index is 10.6. The number of rotatable bonds is 2. The van der Waals surface area contributed by atoms with E-state index in [1.54, 1.807) is 0 Å². The standard InChI is InChI=1S/C5H8IN3O2/c1-8-4(6)3-9(7)5(10)11-2/h3H,1,7H2,2H3/b4-3-. The Morgan fingerprint density at radius 1 is 1.91 bits per heavy atom. The van der Waals surface area contributed by atoms with Crippen molar-refractivity contribution in [2.75, 3.05) is 7.11 Å².